The zero-order chi connectivity index (χ0) is 13.8. The molecule has 0 atom stereocenters. The molecular weight excluding hydrogens is 256 g/mol. The van der Waals surface area contributed by atoms with Crippen molar-refractivity contribution >= 4 is 0 Å². The molecular formula is C15H18N2O3. The first-order valence-corrected chi connectivity index (χ1v) is 6.92. The van der Waals surface area contributed by atoms with Gasteiger partial charge in [0.25, 0.3) is 0 Å². The van der Waals surface area contributed by atoms with Crippen molar-refractivity contribution in [2.45, 2.75) is 32.4 Å². The summed E-state index contributed by atoms with van der Waals surface area (Å²) in [5, 5.41) is 3.38. The smallest absolute Gasteiger partial charge is 0.399 e. The van der Waals surface area contributed by atoms with Crippen LogP contribution in [0.4, 0.5) is 0 Å². The molecule has 1 fully saturated rings. The highest BCUT2D eigenvalue weighted by molar-refractivity contribution is 5.40. The molecule has 1 aromatic carbocycles. The van der Waals surface area contributed by atoms with Crippen molar-refractivity contribution in [1.29, 1.82) is 0 Å². The van der Waals surface area contributed by atoms with Gasteiger partial charge in [-0.25, -0.2) is 0 Å². The summed E-state index contributed by atoms with van der Waals surface area (Å²) in [6.45, 7) is 3.23. The lowest BCUT2D eigenvalue weighted by Crippen LogP contribution is -2.15. The van der Waals surface area contributed by atoms with Crippen LogP contribution in [0.2, 0.25) is 0 Å². The van der Waals surface area contributed by atoms with Crippen LogP contribution in [0.1, 0.15) is 25.5 Å². The van der Waals surface area contributed by atoms with E-state index in [1.54, 1.807) is 6.26 Å². The van der Waals surface area contributed by atoms with E-state index < -0.39 is 0 Å². The van der Waals surface area contributed by atoms with Crippen molar-refractivity contribution in [3.8, 4) is 17.6 Å². The standard InChI is InChI=1S/C15H18N2O3/c1-2-18-13-5-3-4-6-14(13)20-15-17-12(10-19-15)9-16-11-7-8-11/h3-6,10-11,16H,2,7-9H2,1H3. The van der Waals surface area contributed by atoms with E-state index in [1.807, 2.05) is 31.2 Å². The molecule has 0 spiro atoms. The molecule has 0 amide bonds. The SMILES string of the molecule is CCOc1ccccc1Oc1nc(CNC2CC2)co1. The molecule has 0 aliphatic heterocycles. The lowest BCUT2D eigenvalue weighted by atomic mass is 10.3. The maximum absolute atomic E-state index is 5.63. The first-order chi connectivity index (χ1) is 9.85. The molecule has 1 heterocycles. The minimum Gasteiger partial charge on any atom is -0.490 e. The maximum atomic E-state index is 5.63. The summed E-state index contributed by atoms with van der Waals surface area (Å²) in [7, 11) is 0. The molecule has 106 valence electrons. The average Bonchev–Trinajstić information content (AvgIpc) is 3.19. The minimum absolute atomic E-state index is 0.241. The van der Waals surface area contributed by atoms with Gasteiger partial charge in [-0.1, -0.05) is 12.1 Å². The molecule has 1 aromatic heterocycles. The van der Waals surface area contributed by atoms with Crippen molar-refractivity contribution in [3.05, 3.63) is 36.2 Å². The predicted octanol–water partition coefficient (Wildman–Crippen LogP) is 3.12. The van der Waals surface area contributed by atoms with Crippen LogP contribution in [0.3, 0.4) is 0 Å². The van der Waals surface area contributed by atoms with E-state index >= 15 is 0 Å². The van der Waals surface area contributed by atoms with Crippen molar-refractivity contribution in [3.63, 3.8) is 0 Å². The van der Waals surface area contributed by atoms with E-state index in [-0.39, 0.29) is 6.08 Å². The average molecular weight is 274 g/mol. The Bertz CT molecular complexity index is 564. The molecule has 1 aliphatic rings. The molecule has 3 rings (SSSR count). The van der Waals surface area contributed by atoms with E-state index in [2.05, 4.69) is 10.3 Å². The molecule has 5 nitrogen and oxygen atoms in total. The number of oxazole rings is 1. The van der Waals surface area contributed by atoms with Gasteiger partial charge in [0.2, 0.25) is 0 Å². The molecule has 0 radical (unpaired) electrons. The van der Waals surface area contributed by atoms with Gasteiger partial charge in [0.05, 0.1) is 12.3 Å². The Morgan fingerprint density at radius 3 is 2.85 bits per heavy atom. The number of benzene rings is 1. The Kier molecular flexibility index (Phi) is 3.87. The fraction of sp³-hybridized carbons (Fsp3) is 0.400. The van der Waals surface area contributed by atoms with Gasteiger partial charge in [-0.2, -0.15) is 4.98 Å². The summed E-state index contributed by atoms with van der Waals surface area (Å²) in [5.74, 6) is 1.30. The highest BCUT2D eigenvalue weighted by Gasteiger charge is 2.20. The van der Waals surface area contributed by atoms with Crippen LogP contribution < -0.4 is 14.8 Å². The van der Waals surface area contributed by atoms with Crippen LogP contribution >= 0.6 is 0 Å². The van der Waals surface area contributed by atoms with Crippen LogP contribution in [0, 0.1) is 0 Å². The van der Waals surface area contributed by atoms with Crippen LogP contribution in [0.5, 0.6) is 17.6 Å². The zero-order valence-corrected chi connectivity index (χ0v) is 11.5. The van der Waals surface area contributed by atoms with E-state index in [0.29, 0.717) is 30.7 Å². The quantitative estimate of drug-likeness (QED) is 0.840. The van der Waals surface area contributed by atoms with Gasteiger partial charge >= 0.3 is 6.08 Å². The zero-order valence-electron chi connectivity index (χ0n) is 11.5. The van der Waals surface area contributed by atoms with E-state index in [1.165, 1.54) is 12.8 Å². The van der Waals surface area contributed by atoms with Gasteiger partial charge in [0, 0.05) is 12.6 Å². The number of para-hydroxylation sites is 2. The van der Waals surface area contributed by atoms with Crippen LogP contribution in [-0.2, 0) is 6.54 Å². The number of nitrogens with one attached hydrogen (secondary N) is 1. The Balaban J connectivity index is 1.64. The molecule has 2 aromatic rings. The molecule has 1 aliphatic carbocycles. The normalized spacial score (nSPS) is 14.2. The fourth-order valence-electron chi connectivity index (χ4n) is 1.86. The molecule has 0 saturated heterocycles. The highest BCUT2D eigenvalue weighted by Crippen LogP contribution is 2.30. The monoisotopic (exact) mass is 274 g/mol. The fourth-order valence-corrected chi connectivity index (χ4v) is 1.86. The topological polar surface area (TPSA) is 56.5 Å². The second kappa shape index (κ2) is 5.96. The second-order valence-corrected chi connectivity index (χ2v) is 4.74. The summed E-state index contributed by atoms with van der Waals surface area (Å²) < 4.78 is 16.5. The van der Waals surface area contributed by atoms with Crippen molar-refractivity contribution in [1.82, 2.24) is 10.3 Å². The Morgan fingerprint density at radius 2 is 2.10 bits per heavy atom. The van der Waals surface area contributed by atoms with E-state index in [4.69, 9.17) is 13.9 Å². The third kappa shape index (κ3) is 3.30. The highest BCUT2D eigenvalue weighted by atomic mass is 16.6. The summed E-state index contributed by atoms with van der Waals surface area (Å²) >= 11 is 0. The lowest BCUT2D eigenvalue weighted by molar-refractivity contribution is 0.291. The number of hydrogen-bond donors (Lipinski definition) is 1. The van der Waals surface area contributed by atoms with Crippen LogP contribution in [0.15, 0.2) is 34.9 Å². The first-order valence-electron chi connectivity index (χ1n) is 6.92. The van der Waals surface area contributed by atoms with Gasteiger partial charge in [0.1, 0.15) is 6.26 Å². The van der Waals surface area contributed by atoms with E-state index in [9.17, 15) is 0 Å². The van der Waals surface area contributed by atoms with Crippen molar-refractivity contribution < 1.29 is 13.9 Å². The van der Waals surface area contributed by atoms with Crippen LogP contribution in [0.25, 0.3) is 0 Å². The Morgan fingerprint density at radius 1 is 1.30 bits per heavy atom. The number of hydrogen-bond acceptors (Lipinski definition) is 5. The van der Waals surface area contributed by atoms with Gasteiger partial charge in [-0.3, -0.25) is 0 Å². The largest absolute Gasteiger partial charge is 0.490 e. The van der Waals surface area contributed by atoms with Gasteiger partial charge in [0.15, 0.2) is 11.5 Å². The lowest BCUT2D eigenvalue weighted by Gasteiger charge is -2.08. The Hall–Kier alpha value is -2.01. The molecule has 1 saturated carbocycles. The van der Waals surface area contributed by atoms with Gasteiger partial charge in [-0.05, 0) is 31.9 Å². The number of ether oxygens (including phenoxy) is 2. The molecule has 5 heteroatoms. The van der Waals surface area contributed by atoms with E-state index in [0.717, 1.165) is 5.69 Å². The third-order valence-corrected chi connectivity index (χ3v) is 3.03. The van der Waals surface area contributed by atoms with Crippen LogP contribution in [-0.4, -0.2) is 17.6 Å². The first kappa shape index (κ1) is 13.0. The van der Waals surface area contributed by atoms with Gasteiger partial charge in [-0.15, -0.1) is 0 Å². The predicted molar refractivity (Wildman–Crippen MR) is 74.0 cm³/mol. The third-order valence-electron chi connectivity index (χ3n) is 3.03. The molecule has 0 bridgehead atoms. The molecule has 0 unspecified atom stereocenters. The maximum Gasteiger partial charge on any atom is 0.399 e. The summed E-state index contributed by atoms with van der Waals surface area (Å²) in [4.78, 5) is 4.30. The summed E-state index contributed by atoms with van der Waals surface area (Å²) in [5.41, 5.74) is 0.848. The molecule has 1 N–H and O–H groups in total. The van der Waals surface area contributed by atoms with Crippen molar-refractivity contribution in [2.24, 2.45) is 0 Å². The summed E-state index contributed by atoms with van der Waals surface area (Å²) in [6.07, 6.45) is 4.37. The van der Waals surface area contributed by atoms with Crippen molar-refractivity contribution in [2.75, 3.05) is 6.61 Å². The number of nitrogens with zero attached hydrogens (tertiary/aromatic N) is 1. The number of rotatable bonds is 7. The summed E-state index contributed by atoms with van der Waals surface area (Å²) in [6, 6.07) is 8.12. The minimum atomic E-state index is 0.241. The van der Waals surface area contributed by atoms with Gasteiger partial charge < -0.3 is 19.2 Å². The molecule has 20 heavy (non-hydrogen) atoms. The number of aromatic nitrogens is 1. The Labute approximate surface area is 117 Å². The second-order valence-electron chi connectivity index (χ2n) is 4.74.